The predicted molar refractivity (Wildman–Crippen MR) is 70.1 cm³/mol. The van der Waals surface area contributed by atoms with Crippen LogP contribution in [0.3, 0.4) is 0 Å². The van der Waals surface area contributed by atoms with Gasteiger partial charge in [-0.2, -0.15) is 0 Å². The molecule has 2 rings (SSSR count). The van der Waals surface area contributed by atoms with Crippen LogP contribution in [0.1, 0.15) is 25.7 Å². The van der Waals surface area contributed by atoms with Gasteiger partial charge in [-0.3, -0.25) is 14.9 Å². The summed E-state index contributed by atoms with van der Waals surface area (Å²) in [5, 5.41) is 22.7. The highest BCUT2D eigenvalue weighted by molar-refractivity contribution is 5.70. The molecule has 6 nitrogen and oxygen atoms in total. The fraction of sp³-hybridized carbons (Fsp3) is 0.462. The molecule has 0 spiro atoms. The van der Waals surface area contributed by atoms with Gasteiger partial charge in [0, 0.05) is 23.9 Å². The molecule has 0 aromatic heterocycles. The lowest BCUT2D eigenvalue weighted by molar-refractivity contribution is -0.384. The van der Waals surface area contributed by atoms with Gasteiger partial charge in [-0.05, 0) is 37.8 Å². The third-order valence-corrected chi connectivity index (χ3v) is 3.53. The molecule has 2 N–H and O–H groups in total. The summed E-state index contributed by atoms with van der Waals surface area (Å²) >= 11 is 0. The molecule has 0 aliphatic heterocycles. The summed E-state index contributed by atoms with van der Waals surface area (Å²) < 4.78 is 0. The van der Waals surface area contributed by atoms with Gasteiger partial charge >= 0.3 is 5.97 Å². The Balaban J connectivity index is 1.88. The van der Waals surface area contributed by atoms with Gasteiger partial charge in [0.2, 0.25) is 0 Å². The second-order valence-corrected chi connectivity index (χ2v) is 4.84. The van der Waals surface area contributed by atoms with Gasteiger partial charge in [0.25, 0.3) is 5.69 Å². The minimum atomic E-state index is -0.714. The van der Waals surface area contributed by atoms with Gasteiger partial charge in [0.15, 0.2) is 0 Å². The van der Waals surface area contributed by atoms with E-state index in [9.17, 15) is 14.9 Å². The zero-order chi connectivity index (χ0) is 13.8. The topological polar surface area (TPSA) is 92.5 Å². The SMILES string of the molecule is O=C(O)C1CCC(Nc2ccc([N+](=O)[O-])cc2)CC1. The van der Waals surface area contributed by atoms with Crippen molar-refractivity contribution in [3.05, 3.63) is 34.4 Å². The molecule has 1 aromatic carbocycles. The maximum absolute atomic E-state index is 10.8. The van der Waals surface area contributed by atoms with Crippen molar-refractivity contribution in [1.29, 1.82) is 0 Å². The summed E-state index contributed by atoms with van der Waals surface area (Å²) in [4.78, 5) is 20.9. The molecule has 0 unspecified atom stereocenters. The molecule has 0 radical (unpaired) electrons. The molecule has 1 aliphatic rings. The van der Waals surface area contributed by atoms with Crippen molar-refractivity contribution in [3.8, 4) is 0 Å². The molecular formula is C13H16N2O4. The van der Waals surface area contributed by atoms with E-state index in [1.807, 2.05) is 0 Å². The van der Waals surface area contributed by atoms with Crippen LogP contribution in [-0.2, 0) is 4.79 Å². The van der Waals surface area contributed by atoms with E-state index in [4.69, 9.17) is 5.11 Å². The zero-order valence-electron chi connectivity index (χ0n) is 10.4. The van der Waals surface area contributed by atoms with Crippen LogP contribution in [0.25, 0.3) is 0 Å². The number of carboxylic acids is 1. The average Bonchev–Trinajstić information content (AvgIpc) is 2.40. The van der Waals surface area contributed by atoms with E-state index in [0.717, 1.165) is 18.5 Å². The van der Waals surface area contributed by atoms with E-state index in [0.29, 0.717) is 12.8 Å². The molecule has 0 amide bonds. The lowest BCUT2D eigenvalue weighted by Crippen LogP contribution is -2.29. The second kappa shape index (κ2) is 5.69. The fourth-order valence-corrected chi connectivity index (χ4v) is 2.40. The van der Waals surface area contributed by atoms with Gasteiger partial charge in [0.1, 0.15) is 0 Å². The molecule has 1 aliphatic carbocycles. The molecule has 1 fully saturated rings. The summed E-state index contributed by atoms with van der Waals surface area (Å²) in [6, 6.07) is 6.54. The second-order valence-electron chi connectivity index (χ2n) is 4.84. The molecule has 1 saturated carbocycles. The lowest BCUT2D eigenvalue weighted by Gasteiger charge is -2.27. The average molecular weight is 264 g/mol. The molecule has 6 heteroatoms. The lowest BCUT2D eigenvalue weighted by atomic mass is 9.86. The Morgan fingerprint density at radius 1 is 1.21 bits per heavy atom. The largest absolute Gasteiger partial charge is 0.481 e. The number of benzene rings is 1. The first-order valence-electron chi connectivity index (χ1n) is 6.30. The highest BCUT2D eigenvalue weighted by Crippen LogP contribution is 2.27. The van der Waals surface area contributed by atoms with E-state index in [-0.39, 0.29) is 17.6 Å². The number of hydrogen-bond acceptors (Lipinski definition) is 4. The molecule has 0 bridgehead atoms. The first-order chi connectivity index (χ1) is 9.06. The Labute approximate surface area is 110 Å². The summed E-state index contributed by atoms with van der Waals surface area (Å²) in [5.41, 5.74) is 0.907. The Kier molecular flexibility index (Phi) is 3.99. The summed E-state index contributed by atoms with van der Waals surface area (Å²) in [6.07, 6.45) is 2.99. The van der Waals surface area contributed by atoms with Gasteiger partial charge in [-0.25, -0.2) is 0 Å². The van der Waals surface area contributed by atoms with Crippen LogP contribution < -0.4 is 5.32 Å². The monoisotopic (exact) mass is 264 g/mol. The zero-order valence-corrected chi connectivity index (χ0v) is 10.4. The molecule has 1 aromatic rings. The number of anilines is 1. The number of nitro benzene ring substituents is 1. The number of carboxylic acid groups (broad SMARTS) is 1. The number of aliphatic carboxylic acids is 1. The quantitative estimate of drug-likeness (QED) is 0.644. The fourth-order valence-electron chi connectivity index (χ4n) is 2.40. The first kappa shape index (κ1) is 13.3. The molecule has 0 heterocycles. The summed E-state index contributed by atoms with van der Waals surface area (Å²) in [5.74, 6) is -0.941. The summed E-state index contributed by atoms with van der Waals surface area (Å²) in [6.45, 7) is 0. The van der Waals surface area contributed by atoms with Crippen LogP contribution in [0.15, 0.2) is 24.3 Å². The first-order valence-corrected chi connectivity index (χ1v) is 6.30. The molecule has 0 saturated heterocycles. The Hall–Kier alpha value is -2.11. The predicted octanol–water partition coefficient (Wildman–Crippen LogP) is 2.65. The standard InChI is InChI=1S/C13H16N2O4/c16-13(17)9-1-3-10(4-2-9)14-11-5-7-12(8-6-11)15(18)19/h5-10,14H,1-4H2,(H,16,17). The maximum Gasteiger partial charge on any atom is 0.306 e. The van der Waals surface area contributed by atoms with Crippen LogP contribution in [0, 0.1) is 16.0 Å². The van der Waals surface area contributed by atoms with Crippen molar-refractivity contribution in [3.63, 3.8) is 0 Å². The highest BCUT2D eigenvalue weighted by atomic mass is 16.6. The third kappa shape index (κ3) is 3.43. The maximum atomic E-state index is 10.8. The van der Waals surface area contributed by atoms with Crippen molar-refractivity contribution >= 4 is 17.3 Å². The van der Waals surface area contributed by atoms with E-state index >= 15 is 0 Å². The number of rotatable bonds is 4. The number of non-ortho nitro benzene ring substituents is 1. The number of nitrogens with one attached hydrogen (secondary N) is 1. The van der Waals surface area contributed by atoms with Crippen molar-refractivity contribution in [2.75, 3.05) is 5.32 Å². The van der Waals surface area contributed by atoms with Crippen LogP contribution in [0.2, 0.25) is 0 Å². The Morgan fingerprint density at radius 2 is 1.79 bits per heavy atom. The van der Waals surface area contributed by atoms with Crippen LogP contribution in [0.4, 0.5) is 11.4 Å². The minimum absolute atomic E-state index is 0.0696. The number of carbonyl (C=O) groups is 1. The van der Waals surface area contributed by atoms with Crippen molar-refractivity contribution in [1.82, 2.24) is 0 Å². The molecule has 0 atom stereocenters. The van der Waals surface area contributed by atoms with Crippen molar-refractivity contribution in [2.24, 2.45) is 5.92 Å². The number of nitrogens with zero attached hydrogens (tertiary/aromatic N) is 1. The number of nitro groups is 1. The Morgan fingerprint density at radius 3 is 2.26 bits per heavy atom. The summed E-state index contributed by atoms with van der Waals surface area (Å²) in [7, 11) is 0. The van der Waals surface area contributed by atoms with Gasteiger partial charge in [0.05, 0.1) is 10.8 Å². The molecular weight excluding hydrogens is 248 g/mol. The molecule has 19 heavy (non-hydrogen) atoms. The smallest absolute Gasteiger partial charge is 0.306 e. The normalized spacial score (nSPS) is 22.7. The van der Waals surface area contributed by atoms with Crippen LogP contribution >= 0.6 is 0 Å². The van der Waals surface area contributed by atoms with Gasteiger partial charge in [-0.1, -0.05) is 0 Å². The third-order valence-electron chi connectivity index (χ3n) is 3.53. The van der Waals surface area contributed by atoms with Crippen molar-refractivity contribution in [2.45, 2.75) is 31.7 Å². The molecule has 102 valence electrons. The van der Waals surface area contributed by atoms with E-state index < -0.39 is 10.9 Å². The van der Waals surface area contributed by atoms with Crippen LogP contribution in [0.5, 0.6) is 0 Å². The van der Waals surface area contributed by atoms with E-state index in [1.54, 1.807) is 12.1 Å². The van der Waals surface area contributed by atoms with Crippen LogP contribution in [-0.4, -0.2) is 22.0 Å². The van der Waals surface area contributed by atoms with Gasteiger partial charge < -0.3 is 10.4 Å². The number of hydrogen-bond donors (Lipinski definition) is 2. The van der Waals surface area contributed by atoms with Crippen molar-refractivity contribution < 1.29 is 14.8 Å². The van der Waals surface area contributed by atoms with E-state index in [2.05, 4.69) is 5.32 Å². The highest BCUT2D eigenvalue weighted by Gasteiger charge is 2.25. The Bertz CT molecular complexity index is 464. The van der Waals surface area contributed by atoms with Gasteiger partial charge in [-0.15, -0.1) is 0 Å². The minimum Gasteiger partial charge on any atom is -0.481 e. The van der Waals surface area contributed by atoms with E-state index in [1.165, 1.54) is 12.1 Å².